The Balaban J connectivity index is 0.000000243. The first kappa shape index (κ1) is 40.3. The summed E-state index contributed by atoms with van der Waals surface area (Å²) in [5, 5.41) is 14.5. The monoisotopic (exact) mass is 724 g/mol. The third kappa shape index (κ3) is 10.8. The zero-order valence-corrected chi connectivity index (χ0v) is 29.6. The molecule has 14 heteroatoms. The van der Waals surface area contributed by atoms with Gasteiger partial charge >= 0.3 is 0 Å². The number of aromatic nitrogens is 3. The molecule has 0 fully saturated rings. The second-order valence-corrected chi connectivity index (χ2v) is 10.3. The summed E-state index contributed by atoms with van der Waals surface area (Å²) < 4.78 is 5.10. The molecule has 5 N–H and O–H groups in total. The predicted octanol–water partition coefficient (Wildman–Crippen LogP) is 6.30. The van der Waals surface area contributed by atoms with E-state index >= 15 is 0 Å². The highest BCUT2D eigenvalue weighted by molar-refractivity contribution is 6.68. The Morgan fingerprint density at radius 3 is 1.39 bits per heavy atom. The van der Waals surface area contributed by atoms with E-state index in [2.05, 4.69) is 31.3 Å². The van der Waals surface area contributed by atoms with Crippen molar-refractivity contribution in [2.75, 3.05) is 35.4 Å². The third-order valence-electron chi connectivity index (χ3n) is 6.39. The van der Waals surface area contributed by atoms with Gasteiger partial charge in [0.2, 0.25) is 5.88 Å². The maximum atomic E-state index is 11.6. The van der Waals surface area contributed by atoms with Crippen LogP contribution in [0.5, 0.6) is 5.88 Å². The number of hydrogen-bond donors (Lipinski definition) is 4. The lowest BCUT2D eigenvalue weighted by Crippen LogP contribution is -2.19. The number of carbonyl (C=O) groups is 3. The molecular weight excluding hydrogens is 691 g/mol. The van der Waals surface area contributed by atoms with Crippen LogP contribution in [0, 0.1) is 0 Å². The topological polar surface area (TPSA) is 169 Å². The summed E-state index contributed by atoms with van der Waals surface area (Å²) in [6, 6.07) is 27.7. The fraction of sp³-hybridized carbons (Fsp3) is 0.143. The van der Waals surface area contributed by atoms with Gasteiger partial charge in [-0.2, -0.15) is 0 Å². The van der Waals surface area contributed by atoms with Gasteiger partial charge in [-0.05, 0) is 55.0 Å². The number of fused-ring (bicyclic) bond motifs is 3. The van der Waals surface area contributed by atoms with Crippen molar-refractivity contribution in [1.29, 1.82) is 0 Å². The van der Waals surface area contributed by atoms with Crippen LogP contribution >= 0.6 is 34.8 Å². The number of nitrogens with zero attached hydrogens (tertiary/aromatic N) is 3. The van der Waals surface area contributed by atoms with Crippen molar-refractivity contribution in [2.45, 2.75) is 0 Å². The number of nitrogens with one attached hydrogen (secondary N) is 2. The van der Waals surface area contributed by atoms with Crippen LogP contribution in [0.15, 0.2) is 91.0 Å². The number of aliphatic hydroxyl groups excluding tert-OH is 1. The quantitative estimate of drug-likeness (QED) is 0.120. The summed E-state index contributed by atoms with van der Waals surface area (Å²) in [7, 11) is 7.15. The smallest absolute Gasteiger partial charge is 0.256 e. The van der Waals surface area contributed by atoms with E-state index < -0.39 is 5.24 Å². The lowest BCUT2D eigenvalue weighted by Gasteiger charge is -2.07. The molecule has 3 aromatic carbocycles. The van der Waals surface area contributed by atoms with Gasteiger partial charge < -0.3 is 26.2 Å². The normalized spacial score (nSPS) is 9.67. The van der Waals surface area contributed by atoms with Gasteiger partial charge in [0.1, 0.15) is 15.9 Å². The summed E-state index contributed by atoms with van der Waals surface area (Å²) in [5.41, 5.74) is 7.94. The van der Waals surface area contributed by atoms with Crippen molar-refractivity contribution in [3.8, 4) is 5.88 Å². The van der Waals surface area contributed by atoms with Gasteiger partial charge in [-0.3, -0.25) is 14.4 Å². The van der Waals surface area contributed by atoms with E-state index in [1.165, 1.54) is 14.2 Å². The number of pyridine rings is 3. The molecule has 256 valence electrons. The van der Waals surface area contributed by atoms with Gasteiger partial charge in [-0.1, -0.05) is 77.8 Å². The fourth-order valence-electron chi connectivity index (χ4n) is 4.17. The highest BCUT2D eigenvalue weighted by atomic mass is 35.5. The van der Waals surface area contributed by atoms with Crippen LogP contribution in [0.4, 0.5) is 0 Å². The summed E-state index contributed by atoms with van der Waals surface area (Å²) in [6.45, 7) is 0. The minimum absolute atomic E-state index is 0.142. The molecule has 0 aliphatic heterocycles. The van der Waals surface area contributed by atoms with Crippen LogP contribution < -0.4 is 21.1 Å². The molecule has 11 nitrogen and oxygen atoms in total. The molecule has 0 radical (unpaired) electrons. The molecule has 2 amide bonds. The summed E-state index contributed by atoms with van der Waals surface area (Å²) in [6.07, 6.45) is 0. The van der Waals surface area contributed by atoms with Crippen LogP contribution in [-0.2, 0) is 0 Å². The standard InChI is InChI=1S/C12H12N2O2.C11H9ClN2O.C10H5Cl2NO.CH5N.CH4O/c1-13-11(15)9-7-8-5-3-4-6-10(8)14-12(9)16-2;1-13-11(15)8-6-7-4-2-3-5-9(7)14-10(8)12;11-9-7(10(12)14)5-6-3-1-2-4-8(6)13-9;2*1-2/h3-7H,1-2H3,(H,13,15);2-6H,1H3,(H,13,15);1-5H;2H2,1H3;2H,1H3. The summed E-state index contributed by atoms with van der Waals surface area (Å²) in [5.74, 6) is -0.0774. The summed E-state index contributed by atoms with van der Waals surface area (Å²) >= 11 is 17.0. The van der Waals surface area contributed by atoms with Gasteiger partial charge in [0.25, 0.3) is 17.1 Å². The zero-order valence-electron chi connectivity index (χ0n) is 27.3. The Kier molecular flexibility index (Phi) is 16.8. The van der Waals surface area contributed by atoms with E-state index in [4.69, 9.17) is 44.6 Å². The molecule has 0 saturated heterocycles. The number of hydrogen-bond acceptors (Lipinski definition) is 9. The average molecular weight is 726 g/mol. The highest BCUT2D eigenvalue weighted by Crippen LogP contribution is 2.23. The molecule has 3 heterocycles. The Hall–Kier alpha value is -4.91. The molecule has 6 aromatic rings. The van der Waals surface area contributed by atoms with Crippen LogP contribution in [0.2, 0.25) is 10.3 Å². The van der Waals surface area contributed by atoms with Crippen LogP contribution in [-0.4, -0.2) is 72.5 Å². The predicted molar refractivity (Wildman–Crippen MR) is 197 cm³/mol. The Labute approximate surface area is 298 Å². The minimum atomic E-state index is -0.590. The minimum Gasteiger partial charge on any atom is -0.480 e. The number of ether oxygens (including phenoxy) is 1. The number of methoxy groups -OCH3 is 1. The third-order valence-corrected chi connectivity index (χ3v) is 7.17. The Morgan fingerprint density at radius 2 is 0.980 bits per heavy atom. The molecule has 0 atom stereocenters. The average Bonchev–Trinajstić information content (AvgIpc) is 3.15. The molecule has 6 rings (SSSR count). The first-order valence-electron chi connectivity index (χ1n) is 14.4. The van der Waals surface area contributed by atoms with E-state index in [0.717, 1.165) is 39.8 Å². The van der Waals surface area contributed by atoms with Crippen molar-refractivity contribution in [3.05, 3.63) is 118 Å². The van der Waals surface area contributed by atoms with Crippen LogP contribution in [0.1, 0.15) is 31.1 Å². The molecule has 0 aliphatic rings. The Bertz CT molecular complexity index is 2050. The molecule has 0 aliphatic carbocycles. The number of rotatable bonds is 4. The van der Waals surface area contributed by atoms with Gasteiger partial charge in [-0.15, -0.1) is 0 Å². The molecule has 0 unspecified atom stereocenters. The fourth-order valence-corrected chi connectivity index (χ4v) is 4.82. The van der Waals surface area contributed by atoms with Crippen LogP contribution in [0.3, 0.4) is 0 Å². The van der Waals surface area contributed by atoms with Crippen molar-refractivity contribution in [1.82, 2.24) is 25.6 Å². The first-order valence-corrected chi connectivity index (χ1v) is 15.5. The maximum absolute atomic E-state index is 11.6. The van der Waals surface area contributed by atoms with Gasteiger partial charge in [-0.25, -0.2) is 15.0 Å². The van der Waals surface area contributed by atoms with Gasteiger partial charge in [0.05, 0.1) is 34.8 Å². The van der Waals surface area contributed by atoms with Gasteiger partial charge in [0.15, 0.2) is 0 Å². The first-order chi connectivity index (χ1) is 23.7. The zero-order chi connectivity index (χ0) is 36.5. The second-order valence-electron chi connectivity index (χ2n) is 9.21. The van der Waals surface area contributed by atoms with Crippen molar-refractivity contribution in [2.24, 2.45) is 5.73 Å². The number of halogens is 3. The number of aliphatic hydroxyl groups is 1. The van der Waals surface area contributed by atoms with Crippen molar-refractivity contribution >= 4 is 84.6 Å². The van der Waals surface area contributed by atoms with Crippen molar-refractivity contribution in [3.63, 3.8) is 0 Å². The lowest BCUT2D eigenvalue weighted by atomic mass is 10.1. The molecule has 0 saturated carbocycles. The molecule has 3 aromatic heterocycles. The number of carbonyl (C=O) groups excluding carboxylic acids is 3. The van der Waals surface area contributed by atoms with E-state index in [0.29, 0.717) is 17.0 Å². The van der Waals surface area contributed by atoms with E-state index in [9.17, 15) is 14.4 Å². The number of nitrogens with two attached hydrogens (primary N) is 1. The van der Waals surface area contributed by atoms with Gasteiger partial charge in [0, 0.05) is 37.4 Å². The molecule has 0 spiro atoms. The van der Waals surface area contributed by atoms with Crippen LogP contribution in [0.25, 0.3) is 32.7 Å². The molecule has 49 heavy (non-hydrogen) atoms. The van der Waals surface area contributed by atoms with E-state index in [-0.39, 0.29) is 27.7 Å². The summed E-state index contributed by atoms with van der Waals surface area (Å²) in [4.78, 5) is 46.5. The van der Waals surface area contributed by atoms with E-state index in [1.807, 2.05) is 72.8 Å². The van der Waals surface area contributed by atoms with Crippen molar-refractivity contribution < 1.29 is 24.2 Å². The largest absolute Gasteiger partial charge is 0.480 e. The highest BCUT2D eigenvalue weighted by Gasteiger charge is 2.14. The maximum Gasteiger partial charge on any atom is 0.256 e. The van der Waals surface area contributed by atoms with E-state index in [1.54, 1.807) is 32.3 Å². The Morgan fingerprint density at radius 1 is 0.633 bits per heavy atom. The second kappa shape index (κ2) is 20.5. The SMILES string of the molecule is CN.CNC(=O)c1cc2ccccc2nc1Cl.CNC(=O)c1cc2ccccc2nc1OC.CO.O=C(Cl)c1cc2ccccc2nc1Cl. The lowest BCUT2D eigenvalue weighted by molar-refractivity contribution is 0.0953. The number of para-hydroxylation sites is 3. The molecule has 0 bridgehead atoms. The molecular formula is C35H35Cl3N6O5. The number of benzene rings is 3. The number of amides is 2.